The molecular formula is C21H21NO. The molecule has 0 saturated carbocycles. The van der Waals surface area contributed by atoms with Crippen molar-refractivity contribution < 1.29 is 4.74 Å². The van der Waals surface area contributed by atoms with Crippen LogP contribution >= 0.6 is 0 Å². The molecule has 0 saturated heterocycles. The molecule has 0 aliphatic rings. The van der Waals surface area contributed by atoms with E-state index in [1.54, 1.807) is 0 Å². The lowest BCUT2D eigenvalue weighted by atomic mass is 9.98. The van der Waals surface area contributed by atoms with Crippen molar-refractivity contribution in [2.45, 2.75) is 13.0 Å². The van der Waals surface area contributed by atoms with Crippen LogP contribution in [0.15, 0.2) is 78.9 Å². The molecule has 23 heavy (non-hydrogen) atoms. The molecule has 2 nitrogen and oxygen atoms in total. The molecule has 0 bridgehead atoms. The second-order valence-electron chi connectivity index (χ2n) is 5.49. The van der Waals surface area contributed by atoms with Crippen LogP contribution in [-0.4, -0.2) is 6.54 Å². The second kappa shape index (κ2) is 7.61. The molecule has 0 unspecified atom stereocenters. The van der Waals surface area contributed by atoms with Crippen molar-refractivity contribution in [2.75, 3.05) is 6.54 Å². The summed E-state index contributed by atoms with van der Waals surface area (Å²) in [6.07, 6.45) is 0.891. The van der Waals surface area contributed by atoms with Gasteiger partial charge in [0.25, 0.3) is 0 Å². The zero-order valence-corrected chi connectivity index (χ0v) is 13.1. The summed E-state index contributed by atoms with van der Waals surface area (Å²) < 4.78 is 5.84. The van der Waals surface area contributed by atoms with Gasteiger partial charge in [0.2, 0.25) is 0 Å². The van der Waals surface area contributed by atoms with E-state index in [1.165, 1.54) is 22.3 Å². The lowest BCUT2D eigenvalue weighted by Crippen LogP contribution is -2.03. The molecule has 0 atom stereocenters. The zero-order chi connectivity index (χ0) is 15.9. The molecule has 0 aromatic heterocycles. The van der Waals surface area contributed by atoms with Crippen molar-refractivity contribution in [1.29, 1.82) is 0 Å². The van der Waals surface area contributed by atoms with Crippen molar-refractivity contribution in [2.24, 2.45) is 5.73 Å². The van der Waals surface area contributed by atoms with Gasteiger partial charge in [0.1, 0.15) is 12.4 Å². The van der Waals surface area contributed by atoms with Gasteiger partial charge in [-0.2, -0.15) is 0 Å². The molecule has 0 fully saturated rings. The first-order chi connectivity index (χ1) is 11.4. The molecule has 2 heteroatoms. The van der Waals surface area contributed by atoms with E-state index in [0.29, 0.717) is 13.2 Å². The van der Waals surface area contributed by atoms with E-state index in [0.717, 1.165) is 12.2 Å². The van der Waals surface area contributed by atoms with E-state index in [4.69, 9.17) is 10.5 Å². The Morgan fingerprint density at radius 1 is 0.739 bits per heavy atom. The summed E-state index contributed by atoms with van der Waals surface area (Å²) in [6.45, 7) is 1.25. The van der Waals surface area contributed by atoms with Crippen molar-refractivity contribution in [3.05, 3.63) is 90.0 Å². The normalized spacial score (nSPS) is 10.5. The van der Waals surface area contributed by atoms with E-state index < -0.39 is 0 Å². The second-order valence-corrected chi connectivity index (χ2v) is 5.49. The molecule has 3 rings (SSSR count). The number of benzene rings is 3. The summed E-state index contributed by atoms with van der Waals surface area (Å²) in [5, 5.41) is 0. The molecule has 2 N–H and O–H groups in total. The first-order valence-electron chi connectivity index (χ1n) is 7.92. The molecule has 0 amide bonds. The minimum Gasteiger partial charge on any atom is -0.489 e. The Kier molecular flexibility index (Phi) is 5.07. The summed E-state index contributed by atoms with van der Waals surface area (Å²) >= 11 is 0. The summed E-state index contributed by atoms with van der Waals surface area (Å²) in [4.78, 5) is 0. The van der Waals surface area contributed by atoms with Crippen molar-refractivity contribution in [3.8, 4) is 16.9 Å². The Morgan fingerprint density at radius 2 is 1.43 bits per heavy atom. The van der Waals surface area contributed by atoms with Gasteiger partial charge >= 0.3 is 0 Å². The van der Waals surface area contributed by atoms with Crippen LogP contribution in [0.2, 0.25) is 0 Å². The molecule has 0 aliphatic heterocycles. The van der Waals surface area contributed by atoms with Gasteiger partial charge in [-0.3, -0.25) is 0 Å². The lowest BCUT2D eigenvalue weighted by molar-refractivity contribution is 0.306. The fourth-order valence-corrected chi connectivity index (χ4v) is 2.65. The molecule has 3 aromatic rings. The van der Waals surface area contributed by atoms with Gasteiger partial charge in [0.15, 0.2) is 0 Å². The van der Waals surface area contributed by atoms with Crippen LogP contribution in [0.5, 0.6) is 5.75 Å². The first-order valence-corrected chi connectivity index (χ1v) is 7.92. The van der Waals surface area contributed by atoms with Gasteiger partial charge < -0.3 is 10.5 Å². The third-order valence-corrected chi connectivity index (χ3v) is 3.84. The molecule has 0 radical (unpaired) electrons. The van der Waals surface area contributed by atoms with Gasteiger partial charge in [-0.1, -0.05) is 66.7 Å². The fourth-order valence-electron chi connectivity index (χ4n) is 2.65. The van der Waals surface area contributed by atoms with Gasteiger partial charge in [0.05, 0.1) is 0 Å². The van der Waals surface area contributed by atoms with Crippen LogP contribution in [0.3, 0.4) is 0 Å². The van der Waals surface area contributed by atoms with Crippen molar-refractivity contribution in [3.63, 3.8) is 0 Å². The average Bonchev–Trinajstić information content (AvgIpc) is 2.62. The maximum absolute atomic E-state index is 5.84. The lowest BCUT2D eigenvalue weighted by Gasteiger charge is -2.10. The predicted octanol–water partition coefficient (Wildman–Crippen LogP) is 4.43. The highest BCUT2D eigenvalue weighted by Crippen LogP contribution is 2.26. The summed E-state index contributed by atoms with van der Waals surface area (Å²) in [6, 6.07) is 26.9. The maximum Gasteiger partial charge on any atom is 0.119 e. The smallest absolute Gasteiger partial charge is 0.119 e. The Labute approximate surface area is 137 Å². The van der Waals surface area contributed by atoms with E-state index in [2.05, 4.69) is 48.5 Å². The van der Waals surface area contributed by atoms with Gasteiger partial charge in [-0.15, -0.1) is 0 Å². The highest BCUT2D eigenvalue weighted by molar-refractivity contribution is 5.68. The topological polar surface area (TPSA) is 35.2 Å². The minimum atomic E-state index is 0.587. The van der Waals surface area contributed by atoms with Gasteiger partial charge in [-0.25, -0.2) is 0 Å². The monoisotopic (exact) mass is 303 g/mol. The quantitative estimate of drug-likeness (QED) is 0.731. The van der Waals surface area contributed by atoms with Crippen LogP contribution in [0.4, 0.5) is 0 Å². The van der Waals surface area contributed by atoms with E-state index in [-0.39, 0.29) is 0 Å². The Hall–Kier alpha value is -2.58. The van der Waals surface area contributed by atoms with Crippen LogP contribution in [0.1, 0.15) is 11.1 Å². The molecule has 0 aliphatic carbocycles. The van der Waals surface area contributed by atoms with E-state index in [9.17, 15) is 0 Å². The molecule has 3 aromatic carbocycles. The minimum absolute atomic E-state index is 0.587. The highest BCUT2D eigenvalue weighted by Gasteiger charge is 2.04. The molecule has 0 spiro atoms. The largest absolute Gasteiger partial charge is 0.489 e. The van der Waals surface area contributed by atoms with Crippen LogP contribution < -0.4 is 10.5 Å². The number of rotatable bonds is 6. The van der Waals surface area contributed by atoms with Crippen LogP contribution in [0, 0.1) is 0 Å². The third-order valence-electron chi connectivity index (χ3n) is 3.84. The maximum atomic E-state index is 5.84. The molecular weight excluding hydrogens is 282 g/mol. The summed E-state index contributed by atoms with van der Waals surface area (Å²) in [5.41, 5.74) is 10.6. The predicted molar refractivity (Wildman–Crippen MR) is 95.4 cm³/mol. The van der Waals surface area contributed by atoms with Gasteiger partial charge in [-0.05, 0) is 47.4 Å². The molecule has 116 valence electrons. The number of hydrogen-bond acceptors (Lipinski definition) is 2. The van der Waals surface area contributed by atoms with Crippen molar-refractivity contribution >= 4 is 0 Å². The number of ether oxygens (including phenoxy) is 1. The highest BCUT2D eigenvalue weighted by atomic mass is 16.5. The molecule has 0 heterocycles. The standard InChI is InChI=1S/C21H21NO/c22-15-14-18-8-4-5-9-21(18)19-10-12-20(13-11-19)23-16-17-6-2-1-3-7-17/h1-13H,14-16,22H2. The Bertz CT molecular complexity index is 735. The summed E-state index contributed by atoms with van der Waals surface area (Å²) in [7, 11) is 0. The Morgan fingerprint density at radius 3 is 2.17 bits per heavy atom. The Balaban J connectivity index is 1.72. The van der Waals surface area contributed by atoms with Crippen LogP contribution in [0.25, 0.3) is 11.1 Å². The SMILES string of the molecule is NCCc1ccccc1-c1ccc(OCc2ccccc2)cc1. The third kappa shape index (κ3) is 3.99. The first kappa shape index (κ1) is 15.3. The van der Waals surface area contributed by atoms with E-state index >= 15 is 0 Å². The van der Waals surface area contributed by atoms with Crippen LogP contribution in [-0.2, 0) is 13.0 Å². The average molecular weight is 303 g/mol. The van der Waals surface area contributed by atoms with E-state index in [1.807, 2.05) is 30.3 Å². The fraction of sp³-hybridized carbons (Fsp3) is 0.143. The summed E-state index contributed by atoms with van der Waals surface area (Å²) in [5.74, 6) is 0.883. The van der Waals surface area contributed by atoms with Crippen molar-refractivity contribution in [1.82, 2.24) is 0 Å². The van der Waals surface area contributed by atoms with Gasteiger partial charge in [0, 0.05) is 0 Å². The number of nitrogens with two attached hydrogens (primary N) is 1. The zero-order valence-electron chi connectivity index (χ0n) is 13.1. The number of hydrogen-bond donors (Lipinski definition) is 1.